The number of carbonyl (C=O) groups is 1. The van der Waals surface area contributed by atoms with Crippen molar-refractivity contribution in [3.05, 3.63) is 95.3 Å². The lowest BCUT2D eigenvalue weighted by Gasteiger charge is -2.10. The van der Waals surface area contributed by atoms with Gasteiger partial charge in [-0.2, -0.15) is 5.10 Å². The Hall–Kier alpha value is -3.75. The molecule has 7 nitrogen and oxygen atoms in total. The van der Waals surface area contributed by atoms with Crippen LogP contribution in [0.3, 0.4) is 0 Å². The third kappa shape index (κ3) is 7.22. The second-order valence-corrected chi connectivity index (χ2v) is 7.14. The number of thiocarbonyl (C=S) groups is 1. The van der Waals surface area contributed by atoms with Gasteiger partial charge in [-0.3, -0.25) is 10.4 Å². The molecule has 0 saturated carbocycles. The largest absolute Gasteiger partial charge is 0.375 e. The molecule has 9 heteroatoms. The minimum atomic E-state index is -0.384. The number of carbonyl (C=O) groups excluding carboxylic acids is 1. The normalized spacial score (nSPS) is 11.2. The number of rotatable bonds is 6. The Labute approximate surface area is 190 Å². The van der Waals surface area contributed by atoms with E-state index in [0.29, 0.717) is 22.1 Å². The van der Waals surface area contributed by atoms with Gasteiger partial charge in [-0.05, 0) is 66.3 Å². The van der Waals surface area contributed by atoms with Crippen LogP contribution in [0.4, 0.5) is 16.2 Å². The van der Waals surface area contributed by atoms with Gasteiger partial charge in [0.25, 0.3) is 0 Å². The van der Waals surface area contributed by atoms with Crippen LogP contribution in [-0.4, -0.2) is 21.8 Å². The number of benzene rings is 2. The van der Waals surface area contributed by atoms with Crippen molar-refractivity contribution in [2.75, 3.05) is 10.6 Å². The van der Waals surface area contributed by atoms with Crippen LogP contribution in [0.15, 0.2) is 84.2 Å². The number of hydrazone groups is 1. The number of hydrogen-bond acceptors (Lipinski definition) is 4. The molecular formula is C22H19ClN6OS. The van der Waals surface area contributed by atoms with Crippen LogP contribution in [0.2, 0.25) is 5.02 Å². The van der Waals surface area contributed by atoms with E-state index in [9.17, 15) is 4.79 Å². The summed E-state index contributed by atoms with van der Waals surface area (Å²) in [5.41, 5.74) is 11.5. The minimum Gasteiger partial charge on any atom is -0.375 e. The Kier molecular flexibility index (Phi) is 7.69. The first-order valence-corrected chi connectivity index (χ1v) is 9.93. The summed E-state index contributed by atoms with van der Waals surface area (Å²) >= 11 is 10.7. The molecule has 1 heterocycles. The molecule has 3 rings (SSSR count). The second-order valence-electron chi connectivity index (χ2n) is 6.26. The van der Waals surface area contributed by atoms with E-state index >= 15 is 0 Å². The molecule has 5 N–H and O–H groups in total. The molecule has 0 spiro atoms. The summed E-state index contributed by atoms with van der Waals surface area (Å²) in [5, 5.41) is 10.4. The third-order valence-corrected chi connectivity index (χ3v) is 4.27. The fourth-order valence-electron chi connectivity index (χ4n) is 2.55. The summed E-state index contributed by atoms with van der Waals surface area (Å²) in [6.45, 7) is 0. The van der Waals surface area contributed by atoms with E-state index in [2.05, 4.69) is 26.1 Å². The molecule has 0 bridgehead atoms. The predicted molar refractivity (Wildman–Crippen MR) is 130 cm³/mol. The highest BCUT2D eigenvalue weighted by atomic mass is 35.5. The fourth-order valence-corrected chi connectivity index (χ4v) is 2.72. The third-order valence-electron chi connectivity index (χ3n) is 3.92. The summed E-state index contributed by atoms with van der Waals surface area (Å²) < 4.78 is 0. The number of hydrogen-bond donors (Lipinski definition) is 4. The van der Waals surface area contributed by atoms with Crippen LogP contribution in [0.1, 0.15) is 11.1 Å². The Morgan fingerprint density at radius 2 is 1.84 bits per heavy atom. The van der Waals surface area contributed by atoms with Crippen molar-refractivity contribution in [2.24, 2.45) is 10.8 Å². The summed E-state index contributed by atoms with van der Waals surface area (Å²) in [6.07, 6.45) is 7.09. The molecule has 3 aromatic rings. The molecule has 0 atom stereocenters. The molecule has 0 unspecified atom stereocenters. The molecule has 0 saturated heterocycles. The number of halogens is 1. The van der Waals surface area contributed by atoms with Crippen molar-refractivity contribution in [3.63, 3.8) is 0 Å². The van der Waals surface area contributed by atoms with Gasteiger partial charge in [0.1, 0.15) is 0 Å². The number of nitrogens with two attached hydrogens (primary N) is 1. The standard InChI is InChI=1S/C22H19ClN6OS/c23-17-7-9-18(10-8-17)26-22(30)27-19-5-1-4-16(13-19)20(28-29-21(24)31)11-6-15-3-2-12-25-14-15/h1-14H,(H3,24,29,31)(H2,26,27,30)/b11-6+,28-20-. The number of allylic oxidation sites excluding steroid dienone is 1. The summed E-state index contributed by atoms with van der Waals surface area (Å²) in [7, 11) is 0. The molecule has 31 heavy (non-hydrogen) atoms. The first kappa shape index (κ1) is 21.9. The highest BCUT2D eigenvalue weighted by Gasteiger charge is 2.06. The van der Waals surface area contributed by atoms with Gasteiger partial charge in [0, 0.05) is 34.4 Å². The molecule has 2 amide bonds. The monoisotopic (exact) mass is 450 g/mol. The quantitative estimate of drug-likeness (QED) is 0.249. The van der Waals surface area contributed by atoms with Crippen LogP contribution < -0.4 is 21.8 Å². The molecule has 156 valence electrons. The van der Waals surface area contributed by atoms with Gasteiger partial charge in [0.15, 0.2) is 5.11 Å². The van der Waals surface area contributed by atoms with E-state index in [-0.39, 0.29) is 11.1 Å². The fraction of sp³-hybridized carbons (Fsp3) is 0. The summed E-state index contributed by atoms with van der Waals surface area (Å²) in [5.74, 6) is 0. The van der Waals surface area contributed by atoms with Gasteiger partial charge >= 0.3 is 6.03 Å². The zero-order chi connectivity index (χ0) is 22.1. The van der Waals surface area contributed by atoms with E-state index in [1.165, 1.54) is 0 Å². The molecule has 0 aliphatic heterocycles. The number of aromatic nitrogens is 1. The Morgan fingerprint density at radius 1 is 1.06 bits per heavy atom. The number of nitrogens with zero attached hydrogens (tertiary/aromatic N) is 2. The van der Waals surface area contributed by atoms with Crippen LogP contribution >= 0.6 is 23.8 Å². The van der Waals surface area contributed by atoms with Crippen LogP contribution in [0.25, 0.3) is 6.08 Å². The average Bonchev–Trinajstić information content (AvgIpc) is 2.76. The molecule has 2 aromatic carbocycles. The lowest BCUT2D eigenvalue weighted by Crippen LogP contribution is -2.25. The first-order chi connectivity index (χ1) is 15.0. The van der Waals surface area contributed by atoms with Gasteiger partial charge < -0.3 is 16.4 Å². The van der Waals surface area contributed by atoms with Crippen LogP contribution in [0.5, 0.6) is 0 Å². The SMILES string of the molecule is NC(=S)N/N=C(/C=C/c1cccnc1)c1cccc(NC(=O)Nc2ccc(Cl)cc2)c1. The van der Waals surface area contributed by atoms with E-state index in [0.717, 1.165) is 11.1 Å². The van der Waals surface area contributed by atoms with E-state index < -0.39 is 0 Å². The summed E-state index contributed by atoms with van der Waals surface area (Å²) in [6, 6.07) is 17.4. The minimum absolute atomic E-state index is 0.0453. The maximum Gasteiger partial charge on any atom is 0.323 e. The van der Waals surface area contributed by atoms with Crippen molar-refractivity contribution < 1.29 is 4.79 Å². The topological polar surface area (TPSA) is 104 Å². The first-order valence-electron chi connectivity index (χ1n) is 9.15. The van der Waals surface area contributed by atoms with E-state index in [1.54, 1.807) is 60.9 Å². The molecule has 0 fully saturated rings. The van der Waals surface area contributed by atoms with E-state index in [1.807, 2.05) is 24.3 Å². The molecule has 0 aliphatic carbocycles. The van der Waals surface area contributed by atoms with Crippen molar-refractivity contribution >= 4 is 58.1 Å². The number of amides is 2. The number of urea groups is 1. The summed E-state index contributed by atoms with van der Waals surface area (Å²) in [4.78, 5) is 16.4. The van der Waals surface area contributed by atoms with Gasteiger partial charge in [0.05, 0.1) is 5.71 Å². The smallest absolute Gasteiger partial charge is 0.323 e. The number of pyridine rings is 1. The van der Waals surface area contributed by atoms with Crippen molar-refractivity contribution in [3.8, 4) is 0 Å². The predicted octanol–water partition coefficient (Wildman–Crippen LogP) is 4.63. The lowest BCUT2D eigenvalue weighted by atomic mass is 10.1. The number of nitrogens with one attached hydrogen (secondary N) is 3. The number of anilines is 2. The van der Waals surface area contributed by atoms with Gasteiger partial charge in [-0.1, -0.05) is 35.9 Å². The molecule has 0 aliphatic rings. The van der Waals surface area contributed by atoms with Crippen molar-refractivity contribution in [2.45, 2.75) is 0 Å². The van der Waals surface area contributed by atoms with Gasteiger partial charge in [0.2, 0.25) is 0 Å². The van der Waals surface area contributed by atoms with Crippen LogP contribution in [-0.2, 0) is 0 Å². The van der Waals surface area contributed by atoms with Crippen molar-refractivity contribution in [1.82, 2.24) is 10.4 Å². The maximum atomic E-state index is 12.3. The molecular weight excluding hydrogens is 432 g/mol. The van der Waals surface area contributed by atoms with Gasteiger partial charge in [-0.15, -0.1) is 0 Å². The Balaban J connectivity index is 1.77. The highest BCUT2D eigenvalue weighted by molar-refractivity contribution is 7.80. The van der Waals surface area contributed by atoms with Gasteiger partial charge in [-0.25, -0.2) is 4.79 Å². The Morgan fingerprint density at radius 3 is 2.55 bits per heavy atom. The lowest BCUT2D eigenvalue weighted by molar-refractivity contribution is 0.262. The molecule has 0 radical (unpaired) electrons. The molecule has 1 aromatic heterocycles. The second kappa shape index (κ2) is 10.9. The highest BCUT2D eigenvalue weighted by Crippen LogP contribution is 2.16. The van der Waals surface area contributed by atoms with Crippen LogP contribution in [0, 0.1) is 0 Å². The van der Waals surface area contributed by atoms with E-state index in [4.69, 9.17) is 29.6 Å². The maximum absolute atomic E-state index is 12.3. The van der Waals surface area contributed by atoms with Crippen molar-refractivity contribution in [1.29, 1.82) is 0 Å². The zero-order valence-corrected chi connectivity index (χ0v) is 17.8. The average molecular weight is 451 g/mol. The Bertz CT molecular complexity index is 1120. The zero-order valence-electron chi connectivity index (χ0n) is 16.2.